The van der Waals surface area contributed by atoms with Crippen molar-refractivity contribution in [3.8, 4) is 0 Å². The number of pyridine rings is 1. The van der Waals surface area contributed by atoms with Crippen LogP contribution in [0.15, 0.2) is 95.7 Å². The van der Waals surface area contributed by atoms with Crippen LogP contribution in [0.3, 0.4) is 0 Å². The summed E-state index contributed by atoms with van der Waals surface area (Å²) in [6.45, 7) is 0.848. The molecular formula is C34H34N6O6S. The van der Waals surface area contributed by atoms with Crippen LogP contribution in [0.2, 0.25) is 0 Å². The highest BCUT2D eigenvalue weighted by molar-refractivity contribution is 7.89. The van der Waals surface area contributed by atoms with Crippen molar-refractivity contribution in [2.45, 2.75) is 31.2 Å². The van der Waals surface area contributed by atoms with Crippen molar-refractivity contribution in [1.29, 1.82) is 5.41 Å². The number of esters is 1. The van der Waals surface area contributed by atoms with Crippen LogP contribution in [-0.2, 0) is 37.3 Å². The molecule has 0 radical (unpaired) electrons. The van der Waals surface area contributed by atoms with Crippen LogP contribution in [0, 0.1) is 5.41 Å². The Bertz CT molecular complexity index is 1970. The summed E-state index contributed by atoms with van der Waals surface area (Å²) in [5.41, 5.74) is 8.79. The van der Waals surface area contributed by atoms with Gasteiger partial charge < -0.3 is 15.8 Å². The molecule has 4 aromatic rings. The van der Waals surface area contributed by atoms with Gasteiger partial charge in [0.2, 0.25) is 5.91 Å². The third-order valence-corrected chi connectivity index (χ3v) is 9.45. The van der Waals surface area contributed by atoms with Crippen molar-refractivity contribution in [3.63, 3.8) is 0 Å². The summed E-state index contributed by atoms with van der Waals surface area (Å²) in [7, 11) is -4.35. The number of guanidine groups is 1. The van der Waals surface area contributed by atoms with Gasteiger partial charge in [0.05, 0.1) is 18.7 Å². The maximum atomic E-state index is 14.3. The third-order valence-electron chi connectivity index (χ3n) is 7.62. The van der Waals surface area contributed by atoms with Crippen molar-refractivity contribution in [1.82, 2.24) is 19.5 Å². The lowest BCUT2D eigenvalue weighted by molar-refractivity contribution is -0.143. The van der Waals surface area contributed by atoms with Gasteiger partial charge in [-0.05, 0) is 60.7 Å². The van der Waals surface area contributed by atoms with Crippen LogP contribution < -0.4 is 11.1 Å². The number of carbonyl (C=O) groups is 3. The molecule has 0 saturated heterocycles. The number of carbonyl (C=O) groups excluding carboxylic acids is 3. The maximum absolute atomic E-state index is 14.3. The summed E-state index contributed by atoms with van der Waals surface area (Å²) in [4.78, 5) is 44.1. The van der Waals surface area contributed by atoms with E-state index in [1.165, 1.54) is 17.2 Å². The average molecular weight is 655 g/mol. The Morgan fingerprint density at radius 2 is 1.72 bits per heavy atom. The number of fused-ring (bicyclic) bond motifs is 2. The molecule has 0 spiro atoms. The molecule has 1 heterocycles. The molecule has 1 aliphatic carbocycles. The summed E-state index contributed by atoms with van der Waals surface area (Å²) in [5, 5.41) is 11.1. The lowest BCUT2D eigenvalue weighted by Crippen LogP contribution is -2.42. The lowest BCUT2D eigenvalue weighted by atomic mass is 9.90. The van der Waals surface area contributed by atoms with E-state index < -0.39 is 46.9 Å². The van der Waals surface area contributed by atoms with Gasteiger partial charge in [-0.25, -0.2) is 8.42 Å². The van der Waals surface area contributed by atoms with Gasteiger partial charge in [0.25, 0.3) is 15.9 Å². The fourth-order valence-electron chi connectivity index (χ4n) is 5.41. The molecule has 0 saturated carbocycles. The largest absolute Gasteiger partial charge is 0.465 e. The van der Waals surface area contributed by atoms with Gasteiger partial charge in [0.15, 0.2) is 5.96 Å². The quantitative estimate of drug-likeness (QED) is 0.125. The summed E-state index contributed by atoms with van der Waals surface area (Å²) >= 11 is 0. The molecule has 5 rings (SSSR count). The second-order valence-electron chi connectivity index (χ2n) is 10.7. The number of nitrogens with zero attached hydrogens (tertiary/aromatic N) is 3. The first-order valence-electron chi connectivity index (χ1n) is 14.9. The molecule has 47 heavy (non-hydrogen) atoms. The number of hydrogen-bond donors (Lipinski definition) is 3. The van der Waals surface area contributed by atoms with Gasteiger partial charge in [-0.1, -0.05) is 60.7 Å². The maximum Gasteiger partial charge on any atom is 0.325 e. The summed E-state index contributed by atoms with van der Waals surface area (Å²) in [6, 6.07) is 22.5. The Morgan fingerprint density at radius 3 is 2.47 bits per heavy atom. The highest BCUT2D eigenvalue weighted by atomic mass is 32.2. The topological polar surface area (TPSA) is 176 Å². The van der Waals surface area contributed by atoms with E-state index in [1.54, 1.807) is 55.5 Å². The standard InChI is InChI=1S/C34H34N6O6S/c1-2-46-31(42)20-38-30(41)22-40(47(44,45)29-15-7-11-24-13-8-18-37-32(24)29)26-16-17-27-25(19-26)12-6-14-28(27)33(43)39(34(35)36)21-23-9-4-3-5-10-23/h3-15,18-19H,2,16-17,20-22H2,1H3,(H3,35,36)(H,38,41). The minimum atomic E-state index is -4.35. The normalized spacial score (nSPS) is 12.4. The molecule has 2 amide bonds. The highest BCUT2D eigenvalue weighted by Crippen LogP contribution is 2.33. The molecule has 3 aromatic carbocycles. The summed E-state index contributed by atoms with van der Waals surface area (Å²) in [6.07, 6.45) is 3.57. The molecule has 0 aliphatic heterocycles. The fraction of sp³-hybridized carbons (Fsp3) is 0.206. The lowest BCUT2D eigenvalue weighted by Gasteiger charge is -2.30. The van der Waals surface area contributed by atoms with Crippen LogP contribution in [0.1, 0.15) is 40.4 Å². The number of nitrogens with two attached hydrogens (primary N) is 1. The van der Waals surface area contributed by atoms with Crippen LogP contribution in [0.5, 0.6) is 0 Å². The number of para-hydroxylation sites is 1. The number of aromatic nitrogens is 1. The molecular weight excluding hydrogens is 620 g/mol. The first-order chi connectivity index (χ1) is 22.6. The highest BCUT2D eigenvalue weighted by Gasteiger charge is 2.33. The Kier molecular flexibility index (Phi) is 9.95. The zero-order valence-electron chi connectivity index (χ0n) is 25.7. The number of sulfonamides is 1. The number of rotatable bonds is 11. The molecule has 0 fully saturated rings. The van der Waals surface area contributed by atoms with Gasteiger partial charge in [-0.15, -0.1) is 0 Å². The first-order valence-corrected chi connectivity index (χ1v) is 16.3. The second kappa shape index (κ2) is 14.3. The van der Waals surface area contributed by atoms with E-state index in [0.717, 1.165) is 9.87 Å². The van der Waals surface area contributed by atoms with Crippen LogP contribution in [0.4, 0.5) is 0 Å². The van der Waals surface area contributed by atoms with E-state index >= 15 is 0 Å². The molecule has 4 N–H and O–H groups in total. The predicted molar refractivity (Wildman–Crippen MR) is 176 cm³/mol. The monoisotopic (exact) mass is 654 g/mol. The number of ether oxygens (including phenoxy) is 1. The molecule has 1 aromatic heterocycles. The van der Waals surface area contributed by atoms with E-state index in [9.17, 15) is 22.8 Å². The zero-order valence-corrected chi connectivity index (χ0v) is 26.5. The van der Waals surface area contributed by atoms with Crippen LogP contribution >= 0.6 is 0 Å². The van der Waals surface area contributed by atoms with Crippen LogP contribution in [-0.4, -0.2) is 66.0 Å². The molecule has 1 aliphatic rings. The van der Waals surface area contributed by atoms with Crippen LogP contribution in [0.25, 0.3) is 17.0 Å². The van der Waals surface area contributed by atoms with Gasteiger partial charge in [0.1, 0.15) is 18.0 Å². The number of amides is 2. The minimum absolute atomic E-state index is 0.0811. The Labute approximate surface area is 272 Å². The first kappa shape index (κ1) is 32.8. The van der Waals surface area contributed by atoms with Crippen molar-refractivity contribution < 1.29 is 27.5 Å². The van der Waals surface area contributed by atoms with Crippen molar-refractivity contribution in [2.24, 2.45) is 5.73 Å². The van der Waals surface area contributed by atoms with E-state index in [4.69, 9.17) is 15.9 Å². The molecule has 242 valence electrons. The SMILES string of the molecule is CCOC(=O)CNC(=O)CN(C1=Cc2cccc(C(=O)N(Cc3ccccc3)C(=N)N)c2CC1)S(=O)(=O)c1cccc2cccnc12. The van der Waals surface area contributed by atoms with Gasteiger partial charge in [-0.2, -0.15) is 0 Å². The minimum Gasteiger partial charge on any atom is -0.465 e. The van der Waals surface area contributed by atoms with Gasteiger partial charge in [0, 0.05) is 22.8 Å². The zero-order chi connectivity index (χ0) is 33.6. The third kappa shape index (κ3) is 7.31. The molecule has 0 unspecified atom stereocenters. The van der Waals surface area contributed by atoms with Gasteiger partial charge in [-0.3, -0.25) is 34.0 Å². The Hall–Kier alpha value is -5.56. The Morgan fingerprint density at radius 1 is 0.979 bits per heavy atom. The van der Waals surface area contributed by atoms with Crippen molar-refractivity contribution in [2.75, 3.05) is 19.7 Å². The van der Waals surface area contributed by atoms with E-state index in [1.807, 2.05) is 30.3 Å². The molecule has 0 bridgehead atoms. The number of benzene rings is 3. The smallest absolute Gasteiger partial charge is 0.325 e. The molecule has 13 heteroatoms. The van der Waals surface area contributed by atoms with Crippen molar-refractivity contribution >= 4 is 50.7 Å². The summed E-state index contributed by atoms with van der Waals surface area (Å²) in [5.74, 6) is -2.22. The molecule has 0 atom stereocenters. The van der Waals surface area contributed by atoms with E-state index in [2.05, 4.69) is 10.3 Å². The van der Waals surface area contributed by atoms with Gasteiger partial charge >= 0.3 is 5.97 Å². The van der Waals surface area contributed by atoms with E-state index in [0.29, 0.717) is 27.8 Å². The molecule has 12 nitrogen and oxygen atoms in total. The average Bonchev–Trinajstić information content (AvgIpc) is 3.08. The number of hydrogen-bond acceptors (Lipinski definition) is 8. The Balaban J connectivity index is 1.52. The predicted octanol–water partition coefficient (Wildman–Crippen LogP) is 3.43. The second-order valence-corrected chi connectivity index (χ2v) is 12.5. The number of nitrogens with one attached hydrogen (secondary N) is 2. The van der Waals surface area contributed by atoms with Crippen molar-refractivity contribution in [3.05, 3.63) is 113 Å². The number of allylic oxidation sites excluding steroid dienone is 1. The summed E-state index contributed by atoms with van der Waals surface area (Å²) < 4.78 is 34.5. The van der Waals surface area contributed by atoms with E-state index in [-0.39, 0.29) is 36.4 Å². The fourth-order valence-corrected chi connectivity index (χ4v) is 7.05.